The van der Waals surface area contributed by atoms with Crippen molar-refractivity contribution in [3.8, 4) is 0 Å². The molecule has 0 aliphatic heterocycles. The van der Waals surface area contributed by atoms with Gasteiger partial charge in [0.15, 0.2) is 0 Å². The fraction of sp³-hybridized carbons (Fsp3) is 0.467. The van der Waals surface area contributed by atoms with E-state index >= 15 is 0 Å². The Balaban J connectivity index is 2.49. The van der Waals surface area contributed by atoms with E-state index in [4.69, 9.17) is 10.5 Å². The fourth-order valence-corrected chi connectivity index (χ4v) is 4.11. The summed E-state index contributed by atoms with van der Waals surface area (Å²) >= 11 is 0. The van der Waals surface area contributed by atoms with Crippen molar-refractivity contribution >= 4 is 23.8 Å². The molecule has 2 aromatic carbocycles. The van der Waals surface area contributed by atoms with Crippen molar-refractivity contribution in [2.75, 3.05) is 0 Å². The van der Waals surface area contributed by atoms with E-state index in [2.05, 4.69) is 10.6 Å². The first-order valence-corrected chi connectivity index (χ1v) is 13.2. The molecule has 0 saturated carbocycles. The number of alkyl carbamates (subject to hydrolysis) is 1. The number of ether oxygens (including phenoxy) is 1. The van der Waals surface area contributed by atoms with Gasteiger partial charge in [-0.1, -0.05) is 48.5 Å². The maximum absolute atomic E-state index is 14.1. The van der Waals surface area contributed by atoms with Crippen molar-refractivity contribution in [2.45, 2.75) is 91.6 Å². The maximum atomic E-state index is 14.1. The molecule has 0 saturated heterocycles. The van der Waals surface area contributed by atoms with E-state index in [1.807, 2.05) is 62.4 Å². The molecule has 2 rings (SSSR count). The smallest absolute Gasteiger partial charge is 0.408 e. The van der Waals surface area contributed by atoms with E-state index in [-0.39, 0.29) is 25.3 Å². The molecule has 9 heteroatoms. The van der Waals surface area contributed by atoms with Crippen LogP contribution in [0.4, 0.5) is 4.79 Å². The van der Waals surface area contributed by atoms with Gasteiger partial charge in [-0.25, -0.2) is 4.79 Å². The van der Waals surface area contributed by atoms with Gasteiger partial charge in [-0.15, -0.1) is 0 Å². The second-order valence-electron chi connectivity index (χ2n) is 11.0. The third-order valence-corrected chi connectivity index (χ3v) is 6.16. The third-order valence-electron chi connectivity index (χ3n) is 6.16. The summed E-state index contributed by atoms with van der Waals surface area (Å²) in [6, 6.07) is 12.6. The summed E-state index contributed by atoms with van der Waals surface area (Å²) in [5.41, 5.74) is 8.14. The summed E-state index contributed by atoms with van der Waals surface area (Å²) in [6.45, 7) is 12.9. The van der Waals surface area contributed by atoms with Gasteiger partial charge in [0.25, 0.3) is 0 Å². The van der Waals surface area contributed by atoms with Gasteiger partial charge in [-0.2, -0.15) is 0 Å². The molecule has 2 atom stereocenters. The van der Waals surface area contributed by atoms with Crippen molar-refractivity contribution in [1.82, 2.24) is 15.5 Å². The topological polar surface area (TPSA) is 131 Å². The van der Waals surface area contributed by atoms with Crippen LogP contribution in [0.2, 0.25) is 0 Å². The lowest BCUT2D eigenvalue weighted by Crippen LogP contribution is -2.55. The first-order valence-electron chi connectivity index (χ1n) is 13.2. The number of benzene rings is 2. The number of carbonyl (C=O) groups excluding carboxylic acids is 4. The molecule has 0 spiro atoms. The van der Waals surface area contributed by atoms with E-state index in [0.29, 0.717) is 5.56 Å². The van der Waals surface area contributed by atoms with Gasteiger partial charge in [-0.05, 0) is 77.1 Å². The molecular weight excluding hydrogens is 496 g/mol. The van der Waals surface area contributed by atoms with E-state index in [1.165, 1.54) is 4.90 Å². The number of nitrogens with two attached hydrogens (primary N) is 1. The Hall–Kier alpha value is -3.88. The molecule has 212 valence electrons. The molecular formula is C30H42N4O5. The Morgan fingerprint density at radius 3 is 2.15 bits per heavy atom. The van der Waals surface area contributed by atoms with Crippen LogP contribution in [0.3, 0.4) is 0 Å². The molecule has 0 aromatic heterocycles. The lowest BCUT2D eigenvalue weighted by molar-refractivity contribution is -0.144. The van der Waals surface area contributed by atoms with Gasteiger partial charge in [0, 0.05) is 19.0 Å². The van der Waals surface area contributed by atoms with Crippen LogP contribution < -0.4 is 16.4 Å². The lowest BCUT2D eigenvalue weighted by atomic mass is 9.96. The number of nitrogens with one attached hydrogen (secondary N) is 2. The zero-order chi connectivity index (χ0) is 29.3. The minimum atomic E-state index is -1.13. The van der Waals surface area contributed by atoms with Gasteiger partial charge in [0.2, 0.25) is 17.7 Å². The Labute approximate surface area is 231 Å². The third kappa shape index (κ3) is 9.74. The number of nitrogens with zero attached hydrogens (tertiary/aromatic N) is 1. The summed E-state index contributed by atoms with van der Waals surface area (Å²) in [6.07, 6.45) is -0.973. The average Bonchev–Trinajstić information content (AvgIpc) is 2.84. The summed E-state index contributed by atoms with van der Waals surface area (Å²) in [5.74, 6) is -1.49. The normalized spacial score (nSPS) is 12.8. The summed E-state index contributed by atoms with van der Waals surface area (Å²) < 4.78 is 5.36. The first kappa shape index (κ1) is 31.3. The van der Waals surface area contributed by atoms with Crippen molar-refractivity contribution in [2.24, 2.45) is 5.73 Å². The van der Waals surface area contributed by atoms with Crippen LogP contribution >= 0.6 is 0 Å². The highest BCUT2D eigenvalue weighted by Crippen LogP contribution is 2.27. The fourth-order valence-electron chi connectivity index (χ4n) is 4.11. The second-order valence-corrected chi connectivity index (χ2v) is 11.0. The summed E-state index contributed by atoms with van der Waals surface area (Å²) in [7, 11) is 0. The van der Waals surface area contributed by atoms with Crippen LogP contribution in [0.15, 0.2) is 48.5 Å². The van der Waals surface area contributed by atoms with Crippen molar-refractivity contribution in [3.05, 3.63) is 70.8 Å². The molecule has 39 heavy (non-hydrogen) atoms. The monoisotopic (exact) mass is 538 g/mol. The Morgan fingerprint density at radius 2 is 1.62 bits per heavy atom. The van der Waals surface area contributed by atoms with E-state index in [1.54, 1.807) is 34.6 Å². The first-order chi connectivity index (χ1) is 18.2. The second kappa shape index (κ2) is 13.8. The molecule has 2 unspecified atom stereocenters. The quantitative estimate of drug-likeness (QED) is 0.397. The van der Waals surface area contributed by atoms with Gasteiger partial charge < -0.3 is 26.0 Å². The van der Waals surface area contributed by atoms with Crippen LogP contribution in [0.1, 0.15) is 75.8 Å². The van der Waals surface area contributed by atoms with E-state index in [9.17, 15) is 19.2 Å². The van der Waals surface area contributed by atoms with Crippen molar-refractivity contribution in [3.63, 3.8) is 0 Å². The van der Waals surface area contributed by atoms with Gasteiger partial charge in [0.1, 0.15) is 17.7 Å². The molecule has 9 nitrogen and oxygen atoms in total. The Morgan fingerprint density at radius 1 is 0.974 bits per heavy atom. The molecule has 4 amide bonds. The molecule has 2 aromatic rings. The molecule has 0 aliphatic carbocycles. The average molecular weight is 539 g/mol. The van der Waals surface area contributed by atoms with Gasteiger partial charge in [-0.3, -0.25) is 14.4 Å². The largest absolute Gasteiger partial charge is 0.444 e. The number of amides is 4. The zero-order valence-corrected chi connectivity index (χ0v) is 24.0. The van der Waals surface area contributed by atoms with Crippen LogP contribution in [0, 0.1) is 13.8 Å². The van der Waals surface area contributed by atoms with Gasteiger partial charge >= 0.3 is 6.09 Å². The Kier molecular flexibility index (Phi) is 11.1. The van der Waals surface area contributed by atoms with Crippen LogP contribution in [-0.4, -0.2) is 46.4 Å². The van der Waals surface area contributed by atoms with E-state index in [0.717, 1.165) is 16.7 Å². The van der Waals surface area contributed by atoms with Crippen molar-refractivity contribution < 1.29 is 23.9 Å². The highest BCUT2D eigenvalue weighted by atomic mass is 16.6. The minimum absolute atomic E-state index is 0.0398. The summed E-state index contributed by atoms with van der Waals surface area (Å²) in [5, 5.41) is 5.56. The standard InChI is InChI=1S/C30H42N4O5/c1-19(2)34(28(37)24(15-16-25(31)35)33-29(38)39-30(5,6)7)26(23-14-13-20(3)21(4)17-23)27(36)32-18-22-11-9-8-10-12-22/h8-14,17,19,24,26H,15-16,18H2,1-7H3,(H2,31,35)(H,32,36)(H,33,38). The number of rotatable bonds is 11. The molecule has 0 fully saturated rings. The highest BCUT2D eigenvalue weighted by molar-refractivity contribution is 5.92. The van der Waals surface area contributed by atoms with Crippen LogP contribution in [0.5, 0.6) is 0 Å². The van der Waals surface area contributed by atoms with Crippen molar-refractivity contribution in [1.29, 1.82) is 0 Å². The number of aryl methyl sites for hydroxylation is 2. The molecule has 0 heterocycles. The predicted octanol–water partition coefficient (Wildman–Crippen LogP) is 4.06. The maximum Gasteiger partial charge on any atom is 0.408 e. The molecule has 0 radical (unpaired) electrons. The number of hydrogen-bond donors (Lipinski definition) is 3. The predicted molar refractivity (Wildman–Crippen MR) is 151 cm³/mol. The number of carbonyl (C=O) groups is 4. The van der Waals surface area contributed by atoms with E-state index < -0.39 is 41.6 Å². The number of primary amides is 1. The Bertz CT molecular complexity index is 1160. The highest BCUT2D eigenvalue weighted by Gasteiger charge is 2.38. The minimum Gasteiger partial charge on any atom is -0.444 e. The van der Waals surface area contributed by atoms with Crippen LogP contribution in [0.25, 0.3) is 0 Å². The molecule has 0 aliphatic rings. The lowest BCUT2D eigenvalue weighted by Gasteiger charge is -2.37. The SMILES string of the molecule is Cc1ccc(C(C(=O)NCc2ccccc2)N(C(=O)C(CCC(N)=O)NC(=O)OC(C)(C)C)C(C)C)cc1C. The van der Waals surface area contributed by atoms with Crippen LogP contribution in [-0.2, 0) is 25.7 Å². The van der Waals surface area contributed by atoms with Gasteiger partial charge in [0.05, 0.1) is 0 Å². The number of hydrogen-bond acceptors (Lipinski definition) is 5. The zero-order valence-electron chi connectivity index (χ0n) is 24.0. The summed E-state index contributed by atoms with van der Waals surface area (Å²) in [4.78, 5) is 53.5. The molecule has 0 bridgehead atoms. The molecule has 4 N–H and O–H groups in total.